The lowest BCUT2D eigenvalue weighted by Gasteiger charge is -2.33. The molecule has 0 saturated carbocycles. The number of nitrogens with zero attached hydrogens (tertiary/aromatic N) is 1. The Labute approximate surface area is 170 Å². The highest BCUT2D eigenvalue weighted by Gasteiger charge is 2.23. The smallest absolute Gasteiger partial charge is 0.279 e. The first-order chi connectivity index (χ1) is 13.4. The van der Waals surface area contributed by atoms with Gasteiger partial charge in [0.1, 0.15) is 5.82 Å². The highest BCUT2D eigenvalue weighted by molar-refractivity contribution is 7.80. The van der Waals surface area contributed by atoms with Gasteiger partial charge in [-0.1, -0.05) is 12.1 Å². The van der Waals surface area contributed by atoms with Crippen molar-refractivity contribution in [3.63, 3.8) is 0 Å². The van der Waals surface area contributed by atoms with E-state index in [0.29, 0.717) is 17.3 Å². The van der Waals surface area contributed by atoms with E-state index < -0.39 is 0 Å². The minimum absolute atomic E-state index is 0.107. The topological polar surface area (TPSA) is 48.8 Å². The Kier molecular flexibility index (Phi) is 6.59. The first kappa shape index (κ1) is 20.2. The number of nitrogens with one attached hydrogen (secondary N) is 3. The Morgan fingerprint density at radius 2 is 1.79 bits per heavy atom. The van der Waals surface area contributed by atoms with Crippen molar-refractivity contribution in [1.29, 1.82) is 0 Å². The number of carbonyl (C=O) groups is 1. The summed E-state index contributed by atoms with van der Waals surface area (Å²) in [6.45, 7) is 7.77. The van der Waals surface area contributed by atoms with Crippen LogP contribution in [0.15, 0.2) is 42.5 Å². The largest absolute Gasteiger partial charge is 0.338 e. The molecule has 3 rings (SSSR count). The fourth-order valence-electron chi connectivity index (χ4n) is 3.22. The van der Waals surface area contributed by atoms with Gasteiger partial charge in [-0.15, -0.1) is 0 Å². The number of rotatable bonds is 4. The third kappa shape index (κ3) is 5.50. The van der Waals surface area contributed by atoms with Crippen LogP contribution >= 0.6 is 12.2 Å². The molecule has 5 nitrogen and oxygen atoms in total. The number of hydrogen-bond acceptors (Lipinski definition) is 2. The quantitative estimate of drug-likeness (QED) is 0.686. The lowest BCUT2D eigenvalue weighted by molar-refractivity contribution is -0.895. The van der Waals surface area contributed by atoms with Crippen LogP contribution in [-0.4, -0.2) is 48.6 Å². The van der Waals surface area contributed by atoms with Gasteiger partial charge in [0.2, 0.25) is 0 Å². The molecule has 7 heteroatoms. The molecule has 0 atom stereocenters. The number of piperazine rings is 1. The third-order valence-electron chi connectivity index (χ3n) is 5.03. The molecule has 3 N–H and O–H groups in total. The number of quaternary nitrogens is 1. The second-order valence-corrected chi connectivity index (χ2v) is 7.59. The lowest BCUT2D eigenvalue weighted by atomic mass is 10.1. The molecule has 28 heavy (non-hydrogen) atoms. The van der Waals surface area contributed by atoms with E-state index in [1.165, 1.54) is 28.2 Å². The Morgan fingerprint density at radius 3 is 2.46 bits per heavy atom. The van der Waals surface area contributed by atoms with Gasteiger partial charge in [0.25, 0.3) is 5.91 Å². The highest BCUT2D eigenvalue weighted by Crippen LogP contribution is 2.15. The summed E-state index contributed by atoms with van der Waals surface area (Å²) in [4.78, 5) is 15.5. The number of carbonyl (C=O) groups excluding carboxylic acids is 1. The van der Waals surface area contributed by atoms with Crippen molar-refractivity contribution in [3.8, 4) is 0 Å². The molecule has 1 saturated heterocycles. The van der Waals surface area contributed by atoms with Gasteiger partial charge in [0.15, 0.2) is 11.7 Å². The monoisotopic (exact) mass is 401 g/mol. The molecular formula is C21H26FN4OS+. The predicted octanol–water partition coefficient (Wildman–Crippen LogP) is 1.98. The molecule has 1 aliphatic heterocycles. The lowest BCUT2D eigenvalue weighted by Crippen LogP contribution is -3.15. The van der Waals surface area contributed by atoms with Crippen molar-refractivity contribution in [1.82, 2.24) is 4.90 Å². The van der Waals surface area contributed by atoms with Crippen LogP contribution in [0.3, 0.4) is 0 Å². The first-order valence-corrected chi connectivity index (χ1v) is 9.84. The summed E-state index contributed by atoms with van der Waals surface area (Å²) in [6, 6.07) is 12.2. The van der Waals surface area contributed by atoms with Crippen LogP contribution in [0, 0.1) is 19.7 Å². The van der Waals surface area contributed by atoms with E-state index in [0.717, 1.165) is 31.9 Å². The second-order valence-electron chi connectivity index (χ2n) is 7.20. The second kappa shape index (κ2) is 9.12. The van der Waals surface area contributed by atoms with Gasteiger partial charge < -0.3 is 20.4 Å². The van der Waals surface area contributed by atoms with Gasteiger partial charge in [-0.2, -0.15) is 0 Å². The summed E-state index contributed by atoms with van der Waals surface area (Å²) in [7, 11) is 0. The standard InChI is InChI=1S/C21H25FN4OS/c1-15-6-7-19(12-16(15)2)24-21(28)26-10-8-25(9-11-26)14-20(27)23-18-5-3-4-17(22)13-18/h3-7,12-13H,8-11,14H2,1-2H3,(H,23,27)(H,24,28)/p+1. The zero-order valence-corrected chi connectivity index (χ0v) is 17.0. The van der Waals surface area contributed by atoms with Crippen LogP contribution in [0.5, 0.6) is 0 Å². The van der Waals surface area contributed by atoms with Crippen LogP contribution in [0.25, 0.3) is 0 Å². The number of halogens is 1. The van der Waals surface area contributed by atoms with Crippen molar-refractivity contribution >= 4 is 34.6 Å². The molecule has 0 aromatic heterocycles. The van der Waals surface area contributed by atoms with Crippen molar-refractivity contribution in [2.45, 2.75) is 13.8 Å². The average Bonchev–Trinajstić information content (AvgIpc) is 2.65. The van der Waals surface area contributed by atoms with Crippen molar-refractivity contribution < 1.29 is 14.1 Å². The van der Waals surface area contributed by atoms with E-state index in [4.69, 9.17) is 12.2 Å². The summed E-state index contributed by atoms with van der Waals surface area (Å²) < 4.78 is 13.2. The number of aryl methyl sites for hydroxylation is 2. The van der Waals surface area contributed by atoms with Gasteiger partial charge >= 0.3 is 0 Å². The molecule has 1 heterocycles. The summed E-state index contributed by atoms with van der Waals surface area (Å²) in [5.41, 5.74) is 3.97. The molecule has 2 aromatic carbocycles. The SMILES string of the molecule is Cc1ccc(NC(=S)N2CC[NH+](CC(=O)Nc3cccc(F)c3)CC2)cc1C. The van der Waals surface area contributed by atoms with Crippen LogP contribution < -0.4 is 15.5 Å². The predicted molar refractivity (Wildman–Crippen MR) is 114 cm³/mol. The van der Waals surface area contributed by atoms with Crippen molar-refractivity contribution in [3.05, 3.63) is 59.4 Å². The van der Waals surface area contributed by atoms with E-state index >= 15 is 0 Å². The molecule has 1 amide bonds. The molecular weight excluding hydrogens is 375 g/mol. The zero-order chi connectivity index (χ0) is 20.1. The van der Waals surface area contributed by atoms with E-state index in [-0.39, 0.29) is 11.7 Å². The van der Waals surface area contributed by atoms with Gasteiger partial charge in [-0.05, 0) is 67.5 Å². The number of benzene rings is 2. The van der Waals surface area contributed by atoms with Gasteiger partial charge in [0.05, 0.1) is 26.2 Å². The van der Waals surface area contributed by atoms with Crippen LogP contribution in [0.4, 0.5) is 15.8 Å². The minimum atomic E-state index is -0.358. The van der Waals surface area contributed by atoms with Crippen LogP contribution in [0.1, 0.15) is 11.1 Å². The molecule has 0 unspecified atom stereocenters. The van der Waals surface area contributed by atoms with E-state index in [1.807, 2.05) is 6.07 Å². The first-order valence-electron chi connectivity index (χ1n) is 9.43. The summed E-state index contributed by atoms with van der Waals surface area (Å²) in [6.07, 6.45) is 0. The fraction of sp³-hybridized carbons (Fsp3) is 0.333. The van der Waals surface area contributed by atoms with Crippen LogP contribution in [0.2, 0.25) is 0 Å². The molecule has 2 aromatic rings. The number of anilines is 2. The minimum Gasteiger partial charge on any atom is -0.338 e. The van der Waals surface area contributed by atoms with Crippen LogP contribution in [-0.2, 0) is 4.79 Å². The summed E-state index contributed by atoms with van der Waals surface area (Å²) in [5.74, 6) is -0.464. The number of amides is 1. The highest BCUT2D eigenvalue weighted by atomic mass is 32.1. The summed E-state index contributed by atoms with van der Waals surface area (Å²) >= 11 is 5.55. The Hall–Kier alpha value is -2.51. The van der Waals surface area contributed by atoms with Crippen molar-refractivity contribution in [2.75, 3.05) is 43.4 Å². The Bertz CT molecular complexity index is 865. The number of thiocarbonyl (C=S) groups is 1. The maximum Gasteiger partial charge on any atom is 0.279 e. The van der Waals surface area contributed by atoms with E-state index in [9.17, 15) is 9.18 Å². The van der Waals surface area contributed by atoms with Crippen molar-refractivity contribution in [2.24, 2.45) is 0 Å². The fourth-order valence-corrected chi connectivity index (χ4v) is 3.52. The molecule has 0 aliphatic carbocycles. The molecule has 1 aliphatic rings. The van der Waals surface area contributed by atoms with Gasteiger partial charge in [0, 0.05) is 11.4 Å². The maximum absolute atomic E-state index is 13.2. The molecule has 148 valence electrons. The van der Waals surface area contributed by atoms with E-state index in [2.05, 4.69) is 41.5 Å². The molecule has 1 fully saturated rings. The summed E-state index contributed by atoms with van der Waals surface area (Å²) in [5, 5.41) is 6.78. The zero-order valence-electron chi connectivity index (χ0n) is 16.2. The Morgan fingerprint density at radius 1 is 1.07 bits per heavy atom. The average molecular weight is 402 g/mol. The number of hydrogen-bond donors (Lipinski definition) is 3. The van der Waals surface area contributed by atoms with Gasteiger partial charge in [-0.25, -0.2) is 4.39 Å². The normalized spacial score (nSPS) is 14.6. The molecule has 0 bridgehead atoms. The van der Waals surface area contributed by atoms with E-state index in [1.54, 1.807) is 12.1 Å². The van der Waals surface area contributed by atoms with Gasteiger partial charge in [-0.3, -0.25) is 4.79 Å². The Balaban J connectivity index is 1.45. The third-order valence-corrected chi connectivity index (χ3v) is 5.40. The molecule has 0 radical (unpaired) electrons. The maximum atomic E-state index is 13.2. The molecule has 0 spiro atoms.